The zero-order valence-electron chi connectivity index (χ0n) is 8.34. The third kappa shape index (κ3) is 6.05. The second-order valence-electron chi connectivity index (χ2n) is 2.82. The summed E-state index contributed by atoms with van der Waals surface area (Å²) in [5.74, 6) is 2.23. The van der Waals surface area contributed by atoms with E-state index in [0.717, 1.165) is 6.42 Å². The van der Waals surface area contributed by atoms with Crippen molar-refractivity contribution >= 4 is 5.91 Å². The Bertz CT molecular complexity index is 249. The lowest BCUT2D eigenvalue weighted by atomic mass is 10.2. The van der Waals surface area contributed by atoms with Crippen LogP contribution in [0.1, 0.15) is 19.8 Å². The molecule has 0 bridgehead atoms. The minimum atomic E-state index is -0.497. The van der Waals surface area contributed by atoms with Crippen molar-refractivity contribution in [2.75, 3.05) is 13.1 Å². The van der Waals surface area contributed by atoms with E-state index in [1.165, 1.54) is 0 Å². The predicted octanol–water partition coefficient (Wildman–Crippen LogP) is 0.0177. The van der Waals surface area contributed by atoms with Crippen molar-refractivity contribution in [2.45, 2.75) is 25.8 Å². The van der Waals surface area contributed by atoms with Crippen LogP contribution in [0.25, 0.3) is 0 Å². The van der Waals surface area contributed by atoms with Gasteiger partial charge in [0, 0.05) is 6.54 Å². The molecule has 4 nitrogen and oxygen atoms in total. The van der Waals surface area contributed by atoms with Gasteiger partial charge in [0.05, 0.1) is 19.0 Å². The van der Waals surface area contributed by atoms with Crippen molar-refractivity contribution in [3.8, 4) is 18.4 Å². The van der Waals surface area contributed by atoms with E-state index >= 15 is 0 Å². The Labute approximate surface area is 84.7 Å². The van der Waals surface area contributed by atoms with Gasteiger partial charge >= 0.3 is 0 Å². The van der Waals surface area contributed by atoms with Crippen LogP contribution in [0.15, 0.2) is 0 Å². The lowest BCUT2D eigenvalue weighted by Gasteiger charge is -2.08. The summed E-state index contributed by atoms with van der Waals surface area (Å²) in [6.07, 6.45) is 6.06. The molecule has 1 atom stereocenters. The Hall–Kier alpha value is -1.52. The van der Waals surface area contributed by atoms with Gasteiger partial charge < -0.3 is 5.32 Å². The maximum Gasteiger partial charge on any atom is 0.222 e. The Morgan fingerprint density at radius 3 is 2.86 bits per heavy atom. The van der Waals surface area contributed by atoms with Crippen LogP contribution in [0.2, 0.25) is 0 Å². The molecule has 0 rings (SSSR count). The fourth-order valence-electron chi connectivity index (χ4n) is 0.868. The van der Waals surface area contributed by atoms with Crippen molar-refractivity contribution in [2.24, 2.45) is 0 Å². The Balaban J connectivity index is 3.77. The van der Waals surface area contributed by atoms with Crippen molar-refractivity contribution in [1.82, 2.24) is 10.6 Å². The maximum atomic E-state index is 11.2. The number of carbonyl (C=O) groups is 1. The Kier molecular flexibility index (Phi) is 7.22. The molecule has 0 saturated heterocycles. The highest BCUT2D eigenvalue weighted by Gasteiger charge is 2.10. The third-order valence-corrected chi connectivity index (χ3v) is 1.57. The second kappa shape index (κ2) is 8.10. The standard InChI is InChI=1S/C10H15N3O/c1-3-5-12-9(8-11)7-10(14)13-6-4-2/h1,9,12H,4-7H2,2H3,(H,13,14). The molecule has 0 aromatic carbocycles. The first-order chi connectivity index (χ1) is 6.74. The molecule has 1 unspecified atom stereocenters. The van der Waals surface area contributed by atoms with Crippen LogP contribution in [0, 0.1) is 23.7 Å². The molecule has 0 fully saturated rings. The summed E-state index contributed by atoms with van der Waals surface area (Å²) in [5, 5.41) is 14.1. The van der Waals surface area contributed by atoms with E-state index in [1.807, 2.05) is 13.0 Å². The smallest absolute Gasteiger partial charge is 0.222 e. The van der Waals surface area contributed by atoms with Crippen LogP contribution < -0.4 is 10.6 Å². The van der Waals surface area contributed by atoms with Crippen LogP contribution in [-0.2, 0) is 4.79 Å². The van der Waals surface area contributed by atoms with Crippen LogP contribution >= 0.6 is 0 Å². The average Bonchev–Trinajstić information content (AvgIpc) is 2.21. The zero-order valence-corrected chi connectivity index (χ0v) is 8.34. The second-order valence-corrected chi connectivity index (χ2v) is 2.82. The Morgan fingerprint density at radius 2 is 2.36 bits per heavy atom. The molecule has 0 aliphatic heterocycles. The van der Waals surface area contributed by atoms with Gasteiger partial charge in [-0.1, -0.05) is 12.8 Å². The minimum absolute atomic E-state index is 0.122. The number of carbonyl (C=O) groups excluding carboxylic acids is 1. The van der Waals surface area contributed by atoms with Crippen molar-refractivity contribution < 1.29 is 4.79 Å². The number of rotatable bonds is 6. The van der Waals surface area contributed by atoms with Crippen molar-refractivity contribution in [3.63, 3.8) is 0 Å². The first-order valence-electron chi connectivity index (χ1n) is 4.57. The average molecular weight is 193 g/mol. The highest BCUT2D eigenvalue weighted by molar-refractivity contribution is 5.76. The molecule has 4 heteroatoms. The summed E-state index contributed by atoms with van der Waals surface area (Å²) >= 11 is 0. The van der Waals surface area contributed by atoms with E-state index in [1.54, 1.807) is 0 Å². The first-order valence-corrected chi connectivity index (χ1v) is 4.57. The number of hydrogen-bond donors (Lipinski definition) is 2. The molecule has 0 saturated carbocycles. The van der Waals surface area contributed by atoms with Gasteiger partial charge in [0.15, 0.2) is 0 Å². The molecule has 0 aromatic rings. The summed E-state index contributed by atoms with van der Waals surface area (Å²) in [6, 6.07) is 1.48. The highest BCUT2D eigenvalue weighted by Crippen LogP contribution is 1.89. The van der Waals surface area contributed by atoms with Gasteiger partial charge in [-0.25, -0.2) is 0 Å². The third-order valence-electron chi connectivity index (χ3n) is 1.57. The van der Waals surface area contributed by atoms with Crippen LogP contribution in [-0.4, -0.2) is 25.0 Å². The molecule has 0 spiro atoms. The maximum absolute atomic E-state index is 11.2. The van der Waals surface area contributed by atoms with Gasteiger partial charge in [-0.3, -0.25) is 10.1 Å². The Morgan fingerprint density at radius 1 is 1.64 bits per heavy atom. The molecule has 76 valence electrons. The van der Waals surface area contributed by atoms with Crippen LogP contribution in [0.5, 0.6) is 0 Å². The number of terminal acetylenes is 1. The normalized spacial score (nSPS) is 11.1. The molecule has 1 amide bonds. The topological polar surface area (TPSA) is 64.9 Å². The van der Waals surface area contributed by atoms with Gasteiger partial charge in [-0.05, 0) is 6.42 Å². The fraction of sp³-hybridized carbons (Fsp3) is 0.600. The van der Waals surface area contributed by atoms with Gasteiger partial charge in [-0.2, -0.15) is 5.26 Å². The molecule has 2 N–H and O–H groups in total. The van der Waals surface area contributed by atoms with Crippen LogP contribution in [0.4, 0.5) is 0 Å². The molecule has 14 heavy (non-hydrogen) atoms. The van der Waals surface area contributed by atoms with E-state index in [-0.39, 0.29) is 12.3 Å². The summed E-state index contributed by atoms with van der Waals surface area (Å²) in [7, 11) is 0. The van der Waals surface area contributed by atoms with Crippen LogP contribution in [0.3, 0.4) is 0 Å². The quantitative estimate of drug-likeness (QED) is 0.584. The minimum Gasteiger partial charge on any atom is -0.356 e. The zero-order chi connectivity index (χ0) is 10.8. The molecular weight excluding hydrogens is 178 g/mol. The predicted molar refractivity (Wildman–Crippen MR) is 54.2 cm³/mol. The van der Waals surface area contributed by atoms with Gasteiger partial charge in [0.25, 0.3) is 0 Å². The van der Waals surface area contributed by atoms with Gasteiger partial charge in [0.1, 0.15) is 6.04 Å². The molecule has 0 aliphatic rings. The highest BCUT2D eigenvalue weighted by atomic mass is 16.1. The molecule has 0 heterocycles. The monoisotopic (exact) mass is 193 g/mol. The molecule has 0 radical (unpaired) electrons. The summed E-state index contributed by atoms with van der Waals surface area (Å²) < 4.78 is 0. The number of amides is 1. The lowest BCUT2D eigenvalue weighted by Crippen LogP contribution is -2.35. The molecule has 0 aromatic heterocycles. The summed E-state index contributed by atoms with van der Waals surface area (Å²) in [5.41, 5.74) is 0. The number of nitrogens with one attached hydrogen (secondary N) is 2. The largest absolute Gasteiger partial charge is 0.356 e. The molecule has 0 aliphatic carbocycles. The van der Waals surface area contributed by atoms with E-state index in [0.29, 0.717) is 13.1 Å². The number of nitriles is 1. The van der Waals surface area contributed by atoms with E-state index in [2.05, 4.69) is 16.6 Å². The van der Waals surface area contributed by atoms with Crippen molar-refractivity contribution in [1.29, 1.82) is 5.26 Å². The van der Waals surface area contributed by atoms with E-state index in [4.69, 9.17) is 11.7 Å². The van der Waals surface area contributed by atoms with Crippen molar-refractivity contribution in [3.05, 3.63) is 0 Å². The number of hydrogen-bond acceptors (Lipinski definition) is 3. The summed E-state index contributed by atoms with van der Waals surface area (Å²) in [6.45, 7) is 2.92. The van der Waals surface area contributed by atoms with Gasteiger partial charge in [0.2, 0.25) is 5.91 Å². The fourth-order valence-corrected chi connectivity index (χ4v) is 0.868. The van der Waals surface area contributed by atoms with E-state index < -0.39 is 6.04 Å². The van der Waals surface area contributed by atoms with Gasteiger partial charge in [-0.15, -0.1) is 6.42 Å². The summed E-state index contributed by atoms with van der Waals surface area (Å²) in [4.78, 5) is 11.2. The lowest BCUT2D eigenvalue weighted by molar-refractivity contribution is -0.121. The molecular formula is C10H15N3O. The first kappa shape index (κ1) is 12.5. The van der Waals surface area contributed by atoms with E-state index in [9.17, 15) is 4.79 Å². The number of nitrogens with zero attached hydrogens (tertiary/aromatic N) is 1. The SMILES string of the molecule is C#CCNC(C#N)CC(=O)NCCC.